The largest absolute Gasteiger partial charge is 0.550 e. The van der Waals surface area contributed by atoms with Crippen LogP contribution in [0, 0.1) is 11.6 Å². The summed E-state index contributed by atoms with van der Waals surface area (Å²) in [7, 11) is 5.81. The van der Waals surface area contributed by atoms with Crippen LogP contribution in [0.2, 0.25) is 0 Å². The van der Waals surface area contributed by atoms with Crippen molar-refractivity contribution < 1.29 is 32.7 Å². The normalized spacial score (nSPS) is 12.6. The van der Waals surface area contributed by atoms with Crippen molar-refractivity contribution in [2.75, 3.05) is 34.3 Å². The van der Waals surface area contributed by atoms with Crippen molar-refractivity contribution in [3.63, 3.8) is 0 Å². The van der Waals surface area contributed by atoms with Gasteiger partial charge in [-0.05, 0) is 18.9 Å². The van der Waals surface area contributed by atoms with Crippen molar-refractivity contribution in [1.82, 2.24) is 5.32 Å². The van der Waals surface area contributed by atoms with E-state index in [2.05, 4.69) is 5.32 Å². The molecule has 0 bridgehead atoms. The maximum atomic E-state index is 13.5. The Balaban J connectivity index is 2.11. The number of quaternary nitrogens is 1. The van der Waals surface area contributed by atoms with E-state index in [1.54, 1.807) is 0 Å². The number of benzene rings is 1. The maximum Gasteiger partial charge on any atom is 0.220 e. The van der Waals surface area contributed by atoms with E-state index in [1.807, 2.05) is 21.1 Å². The van der Waals surface area contributed by atoms with Gasteiger partial charge in [-0.3, -0.25) is 4.79 Å². The zero-order valence-corrected chi connectivity index (χ0v) is 18.2. The van der Waals surface area contributed by atoms with Crippen LogP contribution in [0.25, 0.3) is 0 Å². The third-order valence-corrected chi connectivity index (χ3v) is 4.53. The van der Waals surface area contributed by atoms with Crippen molar-refractivity contribution in [3.05, 3.63) is 35.4 Å². The Morgan fingerprint density at radius 1 is 1.10 bits per heavy atom. The molecule has 0 spiro atoms. The van der Waals surface area contributed by atoms with Crippen LogP contribution in [-0.2, 0) is 20.9 Å². The van der Waals surface area contributed by atoms with E-state index in [-0.39, 0.29) is 24.5 Å². The standard InChI is InChI=1S/C22H34F2N2O4/c1-26(2,3)15-18(14-21(28)29)25-20(27)12-7-5-4-6-8-13-30-16-17-10-9-11-19(23)22(17)24/h9-11,18H,4-8,12-16H2,1-3H3,(H-,25,27,28,29). The molecule has 0 aliphatic heterocycles. The minimum Gasteiger partial charge on any atom is -0.550 e. The summed E-state index contributed by atoms with van der Waals surface area (Å²) in [5.74, 6) is -3.05. The molecule has 0 heterocycles. The lowest BCUT2D eigenvalue weighted by molar-refractivity contribution is -0.871. The predicted octanol–water partition coefficient (Wildman–Crippen LogP) is 2.15. The summed E-state index contributed by atoms with van der Waals surface area (Å²) in [6.07, 6.45) is 4.43. The van der Waals surface area contributed by atoms with Gasteiger partial charge in [-0.2, -0.15) is 0 Å². The third-order valence-electron chi connectivity index (χ3n) is 4.53. The molecule has 0 saturated heterocycles. The van der Waals surface area contributed by atoms with Crippen molar-refractivity contribution in [2.24, 2.45) is 0 Å². The molecule has 8 heteroatoms. The first-order chi connectivity index (χ1) is 14.1. The van der Waals surface area contributed by atoms with Crippen LogP contribution in [0.3, 0.4) is 0 Å². The van der Waals surface area contributed by atoms with Crippen molar-refractivity contribution in [1.29, 1.82) is 0 Å². The number of unbranched alkanes of at least 4 members (excludes halogenated alkanes) is 4. The second-order valence-electron chi connectivity index (χ2n) is 8.60. The van der Waals surface area contributed by atoms with Crippen molar-refractivity contribution in [3.8, 4) is 0 Å². The Morgan fingerprint density at radius 3 is 2.43 bits per heavy atom. The Hall–Kier alpha value is -2.06. The SMILES string of the molecule is C[N+](C)(C)CC(CC(=O)[O-])NC(=O)CCCCCCCOCc1cccc(F)c1F. The van der Waals surface area contributed by atoms with E-state index in [0.29, 0.717) is 24.1 Å². The summed E-state index contributed by atoms with van der Waals surface area (Å²) in [5.41, 5.74) is 0.211. The van der Waals surface area contributed by atoms with Gasteiger partial charge in [-0.15, -0.1) is 0 Å². The first kappa shape index (κ1) is 26.0. The van der Waals surface area contributed by atoms with E-state index < -0.39 is 23.6 Å². The van der Waals surface area contributed by atoms with Gasteiger partial charge < -0.3 is 24.4 Å². The summed E-state index contributed by atoms with van der Waals surface area (Å²) < 4.78 is 32.5. The number of hydrogen-bond acceptors (Lipinski definition) is 4. The minimum atomic E-state index is -1.17. The van der Waals surface area contributed by atoms with Gasteiger partial charge >= 0.3 is 0 Å². The number of aliphatic carboxylic acids is 1. The number of likely N-dealkylation sites (N-methyl/N-ethyl adjacent to an activating group) is 1. The number of nitrogens with zero attached hydrogens (tertiary/aromatic N) is 1. The second-order valence-corrected chi connectivity index (χ2v) is 8.60. The number of carbonyl (C=O) groups excluding carboxylic acids is 2. The molecule has 0 saturated carbocycles. The second kappa shape index (κ2) is 13.3. The number of rotatable bonds is 15. The lowest BCUT2D eigenvalue weighted by Crippen LogP contribution is -2.50. The van der Waals surface area contributed by atoms with E-state index in [4.69, 9.17) is 4.74 Å². The van der Waals surface area contributed by atoms with Crippen LogP contribution < -0.4 is 10.4 Å². The molecule has 0 radical (unpaired) electrons. The summed E-state index contributed by atoms with van der Waals surface area (Å²) in [6.45, 7) is 1.02. The van der Waals surface area contributed by atoms with E-state index in [9.17, 15) is 23.5 Å². The van der Waals surface area contributed by atoms with Crippen LogP contribution in [0.4, 0.5) is 8.78 Å². The molecule has 30 heavy (non-hydrogen) atoms. The highest BCUT2D eigenvalue weighted by Crippen LogP contribution is 2.13. The number of amides is 1. The molecular weight excluding hydrogens is 394 g/mol. The molecule has 170 valence electrons. The van der Waals surface area contributed by atoms with Crippen LogP contribution in [-0.4, -0.2) is 56.7 Å². The maximum absolute atomic E-state index is 13.5. The number of carboxylic acid groups (broad SMARTS) is 1. The van der Waals surface area contributed by atoms with Gasteiger partial charge in [-0.1, -0.05) is 31.4 Å². The highest BCUT2D eigenvalue weighted by molar-refractivity contribution is 5.77. The van der Waals surface area contributed by atoms with Gasteiger partial charge in [0.25, 0.3) is 0 Å². The average Bonchev–Trinajstić information content (AvgIpc) is 2.61. The number of halogens is 2. The summed E-state index contributed by atoms with van der Waals surface area (Å²) in [5, 5.41) is 13.7. The number of hydrogen-bond donors (Lipinski definition) is 1. The fourth-order valence-corrected chi connectivity index (χ4v) is 3.19. The first-order valence-corrected chi connectivity index (χ1v) is 10.4. The lowest BCUT2D eigenvalue weighted by Gasteiger charge is -2.30. The lowest BCUT2D eigenvalue weighted by atomic mass is 10.1. The van der Waals surface area contributed by atoms with Gasteiger partial charge in [0.15, 0.2) is 11.6 Å². The van der Waals surface area contributed by atoms with E-state index in [1.165, 1.54) is 12.1 Å². The Morgan fingerprint density at radius 2 is 1.77 bits per heavy atom. The zero-order valence-electron chi connectivity index (χ0n) is 18.2. The van der Waals surface area contributed by atoms with Crippen LogP contribution in [0.1, 0.15) is 50.5 Å². The molecule has 6 nitrogen and oxygen atoms in total. The third kappa shape index (κ3) is 11.8. The summed E-state index contributed by atoms with van der Waals surface area (Å²) in [4.78, 5) is 23.0. The predicted molar refractivity (Wildman–Crippen MR) is 108 cm³/mol. The quantitative estimate of drug-likeness (QED) is 0.343. The molecule has 1 aromatic carbocycles. The first-order valence-electron chi connectivity index (χ1n) is 10.4. The van der Waals surface area contributed by atoms with Crippen LogP contribution >= 0.6 is 0 Å². The zero-order chi connectivity index (χ0) is 22.6. The Labute approximate surface area is 177 Å². The number of carbonyl (C=O) groups is 2. The van der Waals surface area contributed by atoms with Crippen molar-refractivity contribution >= 4 is 11.9 Å². The van der Waals surface area contributed by atoms with Gasteiger partial charge in [-0.25, -0.2) is 8.78 Å². The molecule has 1 rings (SSSR count). The molecule has 0 fully saturated rings. The number of carboxylic acids is 1. The average molecular weight is 429 g/mol. The van der Waals surface area contributed by atoms with Crippen LogP contribution in [0.15, 0.2) is 18.2 Å². The summed E-state index contributed by atoms with van der Waals surface area (Å²) >= 11 is 0. The monoisotopic (exact) mass is 428 g/mol. The van der Waals surface area contributed by atoms with E-state index in [0.717, 1.165) is 38.2 Å². The molecule has 1 atom stereocenters. The highest BCUT2D eigenvalue weighted by atomic mass is 19.2. The fourth-order valence-electron chi connectivity index (χ4n) is 3.19. The smallest absolute Gasteiger partial charge is 0.220 e. The molecule has 1 amide bonds. The van der Waals surface area contributed by atoms with Gasteiger partial charge in [0.2, 0.25) is 5.91 Å². The van der Waals surface area contributed by atoms with Crippen molar-refractivity contribution in [2.45, 2.75) is 57.6 Å². The van der Waals surface area contributed by atoms with Gasteiger partial charge in [0.1, 0.15) is 0 Å². The van der Waals surface area contributed by atoms with Gasteiger partial charge in [0, 0.05) is 31.0 Å². The molecular formula is C22H34F2N2O4. The summed E-state index contributed by atoms with van der Waals surface area (Å²) in [6, 6.07) is 3.59. The molecule has 0 aliphatic carbocycles. The number of ether oxygens (including phenoxy) is 1. The number of nitrogens with one attached hydrogen (secondary N) is 1. The Kier molecular flexibility index (Phi) is 11.5. The highest BCUT2D eigenvalue weighted by Gasteiger charge is 2.20. The molecule has 1 aromatic rings. The molecule has 0 aromatic heterocycles. The molecule has 1 unspecified atom stereocenters. The fraction of sp³-hybridized carbons (Fsp3) is 0.636. The Bertz CT molecular complexity index is 678. The molecule has 0 aliphatic rings. The topological polar surface area (TPSA) is 78.5 Å². The molecule has 1 N–H and O–H groups in total. The van der Waals surface area contributed by atoms with E-state index >= 15 is 0 Å². The van der Waals surface area contributed by atoms with Crippen LogP contribution in [0.5, 0.6) is 0 Å². The minimum absolute atomic E-state index is 0.0457. The van der Waals surface area contributed by atoms with Gasteiger partial charge in [0.05, 0.1) is 40.3 Å².